The molecule has 120 valence electrons. The summed E-state index contributed by atoms with van der Waals surface area (Å²) in [7, 11) is -2.09. The minimum Gasteiger partial charge on any atom is -0.360 e. The molecule has 0 radical (unpaired) electrons. The zero-order chi connectivity index (χ0) is 16.6. The lowest BCUT2D eigenvalue weighted by molar-refractivity contribution is 0.390. The molecular formula is C13H14N6O3S. The van der Waals surface area contributed by atoms with Gasteiger partial charge in [-0.15, -0.1) is 5.10 Å². The van der Waals surface area contributed by atoms with Crippen LogP contribution >= 0.6 is 0 Å². The second kappa shape index (κ2) is 5.47. The van der Waals surface area contributed by atoms with E-state index < -0.39 is 10.0 Å². The van der Waals surface area contributed by atoms with Gasteiger partial charge in [0.15, 0.2) is 16.5 Å². The van der Waals surface area contributed by atoms with Gasteiger partial charge < -0.3 is 4.52 Å². The third kappa shape index (κ3) is 2.80. The summed E-state index contributed by atoms with van der Waals surface area (Å²) in [4.78, 5) is 0.0447. The van der Waals surface area contributed by atoms with Crippen molar-refractivity contribution in [1.29, 1.82) is 0 Å². The first-order valence-electron chi connectivity index (χ1n) is 6.67. The summed E-state index contributed by atoms with van der Waals surface area (Å²) in [6.07, 6.45) is 0. The molecule has 23 heavy (non-hydrogen) atoms. The zero-order valence-electron chi connectivity index (χ0n) is 12.7. The first kappa shape index (κ1) is 15.2. The molecule has 0 atom stereocenters. The summed E-state index contributed by atoms with van der Waals surface area (Å²) in [5, 5.41) is 14.9. The van der Waals surface area contributed by atoms with E-state index in [4.69, 9.17) is 4.52 Å². The molecule has 0 aliphatic heterocycles. The van der Waals surface area contributed by atoms with Crippen molar-refractivity contribution in [3.63, 3.8) is 0 Å². The minimum atomic E-state index is -3.79. The number of nitrogens with one attached hydrogen (secondary N) is 1. The summed E-state index contributed by atoms with van der Waals surface area (Å²) in [6, 6.07) is 6.80. The van der Waals surface area contributed by atoms with Crippen LogP contribution in [0.1, 0.15) is 11.5 Å². The van der Waals surface area contributed by atoms with Gasteiger partial charge in [0.1, 0.15) is 5.69 Å². The molecule has 0 fully saturated rings. The highest BCUT2D eigenvalue weighted by Gasteiger charge is 2.24. The number of nitrogens with zero attached hydrogens (tertiary/aromatic N) is 5. The Balaban J connectivity index is 1.97. The van der Waals surface area contributed by atoms with Gasteiger partial charge in [-0.1, -0.05) is 17.3 Å². The van der Waals surface area contributed by atoms with Gasteiger partial charge in [-0.25, -0.2) is 13.1 Å². The Hall–Kier alpha value is -2.75. The number of hydrogen-bond acceptors (Lipinski definition) is 7. The monoisotopic (exact) mass is 334 g/mol. The van der Waals surface area contributed by atoms with Crippen LogP contribution in [0, 0.1) is 13.8 Å². The van der Waals surface area contributed by atoms with Crippen molar-refractivity contribution in [2.24, 2.45) is 7.05 Å². The van der Waals surface area contributed by atoms with Crippen molar-refractivity contribution in [3.8, 4) is 11.4 Å². The SMILES string of the molecule is Cc1noc(C)c1S(=O)(=O)Nc1cccc(-c2nnnn2C)c1. The van der Waals surface area contributed by atoms with E-state index in [0.29, 0.717) is 22.8 Å². The maximum atomic E-state index is 12.5. The van der Waals surface area contributed by atoms with Gasteiger partial charge in [-0.3, -0.25) is 4.72 Å². The van der Waals surface area contributed by atoms with Crippen molar-refractivity contribution in [2.45, 2.75) is 18.7 Å². The maximum Gasteiger partial charge on any atom is 0.267 e. The normalized spacial score (nSPS) is 11.6. The topological polar surface area (TPSA) is 116 Å². The summed E-state index contributed by atoms with van der Waals surface area (Å²) in [5.74, 6) is 0.770. The van der Waals surface area contributed by atoms with E-state index in [1.807, 2.05) is 0 Å². The van der Waals surface area contributed by atoms with Crippen LogP contribution in [0.15, 0.2) is 33.7 Å². The lowest BCUT2D eigenvalue weighted by Gasteiger charge is -2.08. The Morgan fingerprint density at radius 1 is 1.26 bits per heavy atom. The van der Waals surface area contributed by atoms with Crippen LogP contribution in [0.25, 0.3) is 11.4 Å². The number of tetrazole rings is 1. The predicted octanol–water partition coefficient (Wildman–Crippen LogP) is 1.28. The van der Waals surface area contributed by atoms with E-state index >= 15 is 0 Å². The molecule has 1 aromatic carbocycles. The minimum absolute atomic E-state index is 0.0447. The first-order valence-corrected chi connectivity index (χ1v) is 8.15. The van der Waals surface area contributed by atoms with Crippen LogP contribution in [-0.2, 0) is 17.1 Å². The molecule has 0 saturated heterocycles. The van der Waals surface area contributed by atoms with E-state index in [1.54, 1.807) is 45.2 Å². The van der Waals surface area contributed by atoms with Gasteiger partial charge in [0, 0.05) is 18.3 Å². The van der Waals surface area contributed by atoms with Gasteiger partial charge in [-0.05, 0) is 36.4 Å². The van der Waals surface area contributed by atoms with Gasteiger partial charge in [-0.2, -0.15) is 0 Å². The van der Waals surface area contributed by atoms with E-state index in [9.17, 15) is 8.42 Å². The number of aromatic nitrogens is 5. The molecule has 0 aliphatic rings. The average molecular weight is 334 g/mol. The lowest BCUT2D eigenvalue weighted by Crippen LogP contribution is -2.14. The maximum absolute atomic E-state index is 12.5. The van der Waals surface area contributed by atoms with Crippen molar-refractivity contribution >= 4 is 15.7 Å². The van der Waals surface area contributed by atoms with Crippen LogP contribution in [0.3, 0.4) is 0 Å². The molecule has 10 heteroatoms. The number of anilines is 1. The van der Waals surface area contributed by atoms with E-state index in [0.717, 1.165) is 0 Å². The summed E-state index contributed by atoms with van der Waals surface area (Å²) < 4.78 is 34.0. The second-order valence-electron chi connectivity index (χ2n) is 4.97. The highest BCUT2D eigenvalue weighted by atomic mass is 32.2. The van der Waals surface area contributed by atoms with Gasteiger partial charge >= 0.3 is 0 Å². The fraction of sp³-hybridized carbons (Fsp3) is 0.231. The van der Waals surface area contributed by atoms with E-state index in [2.05, 4.69) is 25.4 Å². The highest BCUT2D eigenvalue weighted by molar-refractivity contribution is 7.92. The molecule has 2 heterocycles. The van der Waals surface area contributed by atoms with Crippen LogP contribution in [0.4, 0.5) is 5.69 Å². The summed E-state index contributed by atoms with van der Waals surface area (Å²) in [5.41, 5.74) is 1.39. The summed E-state index contributed by atoms with van der Waals surface area (Å²) in [6.45, 7) is 3.13. The number of rotatable bonds is 4. The molecule has 0 unspecified atom stereocenters. The number of benzene rings is 1. The second-order valence-corrected chi connectivity index (χ2v) is 6.58. The van der Waals surface area contributed by atoms with Gasteiger partial charge in [0.05, 0.1) is 0 Å². The highest BCUT2D eigenvalue weighted by Crippen LogP contribution is 2.24. The lowest BCUT2D eigenvalue weighted by atomic mass is 10.2. The Bertz CT molecular complexity index is 940. The number of hydrogen-bond donors (Lipinski definition) is 1. The first-order chi connectivity index (χ1) is 10.9. The molecule has 0 spiro atoms. The van der Waals surface area contributed by atoms with Crippen molar-refractivity contribution in [1.82, 2.24) is 25.4 Å². The Morgan fingerprint density at radius 2 is 2.04 bits per heavy atom. The largest absolute Gasteiger partial charge is 0.360 e. The standard InChI is InChI=1S/C13H14N6O3S/c1-8-12(9(2)22-15-8)23(20,21)16-11-6-4-5-10(7-11)13-14-17-18-19(13)3/h4-7,16H,1-3H3. The molecule has 0 amide bonds. The molecule has 3 rings (SSSR count). The zero-order valence-corrected chi connectivity index (χ0v) is 13.5. The molecule has 2 aromatic heterocycles. The van der Waals surface area contributed by atoms with E-state index in [-0.39, 0.29) is 10.7 Å². The fourth-order valence-corrected chi connectivity index (χ4v) is 3.64. The Kier molecular flexibility index (Phi) is 3.60. The number of sulfonamides is 1. The molecule has 1 N–H and O–H groups in total. The van der Waals surface area contributed by atoms with E-state index in [1.165, 1.54) is 4.68 Å². The Labute approximate surface area is 132 Å². The van der Waals surface area contributed by atoms with Crippen LogP contribution in [0.5, 0.6) is 0 Å². The van der Waals surface area contributed by atoms with Crippen LogP contribution in [-0.4, -0.2) is 33.8 Å². The molecule has 0 bridgehead atoms. The molecule has 0 aliphatic carbocycles. The van der Waals surface area contributed by atoms with Gasteiger partial charge in [0.2, 0.25) is 0 Å². The average Bonchev–Trinajstić information content (AvgIpc) is 3.05. The molecule has 3 aromatic rings. The molecule has 0 saturated carbocycles. The van der Waals surface area contributed by atoms with Crippen molar-refractivity contribution < 1.29 is 12.9 Å². The third-order valence-corrected chi connectivity index (χ3v) is 4.85. The smallest absolute Gasteiger partial charge is 0.267 e. The quantitative estimate of drug-likeness (QED) is 0.764. The number of aryl methyl sites for hydroxylation is 3. The van der Waals surface area contributed by atoms with Crippen molar-refractivity contribution in [2.75, 3.05) is 4.72 Å². The van der Waals surface area contributed by atoms with Crippen molar-refractivity contribution in [3.05, 3.63) is 35.7 Å². The van der Waals surface area contributed by atoms with Crippen LogP contribution < -0.4 is 4.72 Å². The van der Waals surface area contributed by atoms with Gasteiger partial charge in [0.25, 0.3) is 10.0 Å². The fourth-order valence-electron chi connectivity index (χ4n) is 2.26. The predicted molar refractivity (Wildman–Crippen MR) is 81.0 cm³/mol. The molecular weight excluding hydrogens is 320 g/mol. The molecule has 9 nitrogen and oxygen atoms in total. The Morgan fingerprint density at radius 3 is 2.65 bits per heavy atom. The third-order valence-electron chi connectivity index (χ3n) is 3.23. The van der Waals surface area contributed by atoms with Crippen LogP contribution in [0.2, 0.25) is 0 Å². The summed E-state index contributed by atoms with van der Waals surface area (Å²) >= 11 is 0.